The van der Waals surface area contributed by atoms with Crippen molar-refractivity contribution in [3.63, 3.8) is 0 Å². The smallest absolute Gasteiger partial charge is 0.335 e. The number of amides is 1. The summed E-state index contributed by atoms with van der Waals surface area (Å²) in [6.07, 6.45) is 0. The Balaban J connectivity index is 2.57. The van der Waals surface area contributed by atoms with Gasteiger partial charge in [0.15, 0.2) is 0 Å². The molecule has 0 bridgehead atoms. The van der Waals surface area contributed by atoms with Gasteiger partial charge in [-0.2, -0.15) is 0 Å². The van der Waals surface area contributed by atoms with Crippen molar-refractivity contribution in [2.45, 2.75) is 26.4 Å². The number of aromatic carboxylic acids is 1. The van der Waals surface area contributed by atoms with E-state index in [1.54, 1.807) is 18.2 Å². The van der Waals surface area contributed by atoms with Crippen LogP contribution in [0.4, 0.5) is 0 Å². The molecule has 0 radical (unpaired) electrons. The standard InChI is InChI=1S/C14H20N2O3/c1-10(2)15-13(17)9-16(3)8-11-5-4-6-12(7-11)14(18)19/h4-7,10H,8-9H2,1-3H3,(H,15,17)(H,18,19). The number of carbonyl (C=O) groups excluding carboxylic acids is 1. The number of nitrogens with zero attached hydrogens (tertiary/aromatic N) is 1. The summed E-state index contributed by atoms with van der Waals surface area (Å²) in [5.74, 6) is -0.978. The Morgan fingerprint density at radius 1 is 1.37 bits per heavy atom. The molecule has 0 heterocycles. The SMILES string of the molecule is CC(C)NC(=O)CN(C)Cc1cccc(C(=O)O)c1. The van der Waals surface area contributed by atoms with E-state index in [1.807, 2.05) is 31.9 Å². The molecule has 0 atom stereocenters. The molecule has 0 aliphatic rings. The lowest BCUT2D eigenvalue weighted by Gasteiger charge is -2.17. The average Bonchev–Trinajstić information content (AvgIpc) is 2.27. The second-order valence-electron chi connectivity index (χ2n) is 4.90. The van der Waals surface area contributed by atoms with E-state index < -0.39 is 5.97 Å². The summed E-state index contributed by atoms with van der Waals surface area (Å²) in [5, 5.41) is 11.7. The Kier molecular flexibility index (Phi) is 5.51. The molecule has 0 aliphatic carbocycles. The normalized spacial score (nSPS) is 10.8. The summed E-state index contributed by atoms with van der Waals surface area (Å²) in [7, 11) is 1.83. The third-order valence-electron chi connectivity index (χ3n) is 2.49. The summed E-state index contributed by atoms with van der Waals surface area (Å²) < 4.78 is 0. The van der Waals surface area contributed by atoms with E-state index in [9.17, 15) is 9.59 Å². The van der Waals surface area contributed by atoms with Gasteiger partial charge in [-0.3, -0.25) is 9.69 Å². The highest BCUT2D eigenvalue weighted by atomic mass is 16.4. The second-order valence-corrected chi connectivity index (χ2v) is 4.90. The minimum atomic E-state index is -0.943. The van der Waals surface area contributed by atoms with Crippen molar-refractivity contribution < 1.29 is 14.7 Å². The molecule has 104 valence electrons. The van der Waals surface area contributed by atoms with E-state index in [4.69, 9.17) is 5.11 Å². The Labute approximate surface area is 113 Å². The maximum absolute atomic E-state index is 11.6. The Bertz CT molecular complexity index is 458. The molecule has 5 nitrogen and oxygen atoms in total. The van der Waals surface area contributed by atoms with Crippen molar-refractivity contribution in [1.29, 1.82) is 0 Å². The Morgan fingerprint density at radius 3 is 2.63 bits per heavy atom. The van der Waals surface area contributed by atoms with Crippen LogP contribution in [0, 0.1) is 0 Å². The van der Waals surface area contributed by atoms with Crippen molar-refractivity contribution in [3.8, 4) is 0 Å². The number of hydrogen-bond acceptors (Lipinski definition) is 3. The zero-order chi connectivity index (χ0) is 14.4. The third-order valence-corrected chi connectivity index (χ3v) is 2.49. The average molecular weight is 264 g/mol. The van der Waals surface area contributed by atoms with E-state index in [2.05, 4.69) is 5.32 Å². The van der Waals surface area contributed by atoms with Crippen molar-refractivity contribution in [2.75, 3.05) is 13.6 Å². The minimum absolute atomic E-state index is 0.0353. The largest absolute Gasteiger partial charge is 0.478 e. The Hall–Kier alpha value is -1.88. The van der Waals surface area contributed by atoms with Crippen LogP contribution in [0.15, 0.2) is 24.3 Å². The van der Waals surface area contributed by atoms with Crippen LogP contribution in [-0.4, -0.2) is 41.5 Å². The van der Waals surface area contributed by atoms with Gasteiger partial charge in [0.05, 0.1) is 12.1 Å². The molecule has 1 amide bonds. The summed E-state index contributed by atoms with van der Waals surface area (Å²) >= 11 is 0. The zero-order valence-electron chi connectivity index (χ0n) is 11.5. The first-order chi connectivity index (χ1) is 8.88. The molecule has 0 aliphatic heterocycles. The van der Waals surface area contributed by atoms with Gasteiger partial charge in [0.1, 0.15) is 0 Å². The molecule has 19 heavy (non-hydrogen) atoms. The maximum atomic E-state index is 11.6. The molecule has 1 rings (SSSR count). The summed E-state index contributed by atoms with van der Waals surface area (Å²) in [5.41, 5.74) is 1.14. The van der Waals surface area contributed by atoms with E-state index in [0.717, 1.165) is 5.56 Å². The molecule has 1 aromatic rings. The number of likely N-dealkylation sites (N-methyl/N-ethyl adjacent to an activating group) is 1. The second kappa shape index (κ2) is 6.89. The van der Waals surface area contributed by atoms with Gasteiger partial charge < -0.3 is 10.4 Å². The van der Waals surface area contributed by atoms with Crippen LogP contribution in [0.5, 0.6) is 0 Å². The van der Waals surface area contributed by atoms with E-state index in [-0.39, 0.29) is 24.1 Å². The van der Waals surface area contributed by atoms with Crippen molar-refractivity contribution in [2.24, 2.45) is 0 Å². The fourth-order valence-electron chi connectivity index (χ4n) is 1.78. The zero-order valence-corrected chi connectivity index (χ0v) is 11.5. The van der Waals surface area contributed by atoms with Crippen LogP contribution in [0.1, 0.15) is 29.8 Å². The van der Waals surface area contributed by atoms with Gasteiger partial charge in [-0.25, -0.2) is 4.79 Å². The molecule has 0 fully saturated rings. The minimum Gasteiger partial charge on any atom is -0.478 e. The van der Waals surface area contributed by atoms with Gasteiger partial charge in [0, 0.05) is 12.6 Å². The van der Waals surface area contributed by atoms with Crippen molar-refractivity contribution in [1.82, 2.24) is 10.2 Å². The quantitative estimate of drug-likeness (QED) is 0.813. The highest BCUT2D eigenvalue weighted by molar-refractivity contribution is 5.87. The summed E-state index contributed by atoms with van der Waals surface area (Å²) in [6, 6.07) is 6.86. The highest BCUT2D eigenvalue weighted by Gasteiger charge is 2.09. The predicted molar refractivity (Wildman–Crippen MR) is 73.0 cm³/mol. The third kappa shape index (κ3) is 5.52. The van der Waals surface area contributed by atoms with Crippen LogP contribution in [0.2, 0.25) is 0 Å². The fraction of sp³-hybridized carbons (Fsp3) is 0.429. The van der Waals surface area contributed by atoms with E-state index in [1.165, 1.54) is 0 Å². The number of carboxylic acids is 1. The van der Waals surface area contributed by atoms with Gasteiger partial charge >= 0.3 is 5.97 Å². The van der Waals surface area contributed by atoms with Crippen LogP contribution in [0.25, 0.3) is 0 Å². The first kappa shape index (κ1) is 15.2. The monoisotopic (exact) mass is 264 g/mol. The number of carbonyl (C=O) groups is 2. The topological polar surface area (TPSA) is 69.6 Å². The van der Waals surface area contributed by atoms with Gasteiger partial charge in [0.25, 0.3) is 0 Å². The molecular formula is C14H20N2O3. The van der Waals surface area contributed by atoms with Crippen molar-refractivity contribution >= 4 is 11.9 Å². The lowest BCUT2D eigenvalue weighted by atomic mass is 10.1. The molecule has 0 aromatic heterocycles. The molecule has 5 heteroatoms. The van der Waals surface area contributed by atoms with E-state index >= 15 is 0 Å². The number of carboxylic acid groups (broad SMARTS) is 1. The lowest BCUT2D eigenvalue weighted by molar-refractivity contribution is -0.122. The Morgan fingerprint density at radius 2 is 2.05 bits per heavy atom. The molecule has 0 spiro atoms. The number of rotatable bonds is 6. The van der Waals surface area contributed by atoms with E-state index in [0.29, 0.717) is 6.54 Å². The number of benzene rings is 1. The van der Waals surface area contributed by atoms with Crippen LogP contribution in [-0.2, 0) is 11.3 Å². The first-order valence-electron chi connectivity index (χ1n) is 6.18. The molecular weight excluding hydrogens is 244 g/mol. The molecule has 0 saturated carbocycles. The molecule has 1 aromatic carbocycles. The highest BCUT2D eigenvalue weighted by Crippen LogP contribution is 2.07. The van der Waals surface area contributed by atoms with Gasteiger partial charge in [0.2, 0.25) is 5.91 Å². The molecule has 0 unspecified atom stereocenters. The van der Waals surface area contributed by atoms with Crippen molar-refractivity contribution in [3.05, 3.63) is 35.4 Å². The summed E-state index contributed by atoms with van der Waals surface area (Å²) in [6.45, 7) is 4.64. The predicted octanol–water partition coefficient (Wildman–Crippen LogP) is 1.34. The van der Waals surface area contributed by atoms with Gasteiger partial charge in [-0.1, -0.05) is 12.1 Å². The van der Waals surface area contributed by atoms with Gasteiger partial charge in [-0.15, -0.1) is 0 Å². The maximum Gasteiger partial charge on any atom is 0.335 e. The lowest BCUT2D eigenvalue weighted by Crippen LogP contribution is -2.38. The molecule has 2 N–H and O–H groups in total. The number of nitrogens with one attached hydrogen (secondary N) is 1. The van der Waals surface area contributed by atoms with Crippen LogP contribution >= 0.6 is 0 Å². The van der Waals surface area contributed by atoms with Crippen LogP contribution < -0.4 is 5.32 Å². The van der Waals surface area contributed by atoms with Gasteiger partial charge in [-0.05, 0) is 38.6 Å². The fourth-order valence-corrected chi connectivity index (χ4v) is 1.78. The summed E-state index contributed by atoms with van der Waals surface area (Å²) in [4.78, 5) is 24.3. The number of hydrogen-bond donors (Lipinski definition) is 2. The first-order valence-corrected chi connectivity index (χ1v) is 6.18. The molecule has 0 saturated heterocycles. The van der Waals surface area contributed by atoms with Crippen LogP contribution in [0.3, 0.4) is 0 Å².